The number of hydrogen-bond acceptors (Lipinski definition) is 2. The van der Waals surface area contributed by atoms with Crippen molar-refractivity contribution in [3.8, 4) is 0 Å². The molecule has 0 aliphatic heterocycles. The van der Waals surface area contributed by atoms with Gasteiger partial charge in [-0.1, -0.05) is 30.7 Å². The van der Waals surface area contributed by atoms with Gasteiger partial charge in [0.15, 0.2) is 0 Å². The summed E-state index contributed by atoms with van der Waals surface area (Å²) in [6.45, 7) is 6.59. The van der Waals surface area contributed by atoms with Crippen molar-refractivity contribution in [3.63, 3.8) is 0 Å². The highest BCUT2D eigenvalue weighted by Crippen LogP contribution is 2.26. The zero-order chi connectivity index (χ0) is 13.8. The van der Waals surface area contributed by atoms with Crippen LogP contribution in [0, 0.1) is 0 Å². The third kappa shape index (κ3) is 3.82. The van der Waals surface area contributed by atoms with E-state index in [-0.39, 0.29) is 0 Å². The standard InChI is InChI=1S/C16H20ClNS/c1-4-15-8-9-16(19-15)12(3)18-11(2)13-6-5-7-14(17)10-13/h5-12,18H,4H2,1-3H3/t11-,12?/m0/s1. The molecule has 0 radical (unpaired) electrons. The second-order valence-electron chi connectivity index (χ2n) is 4.82. The van der Waals surface area contributed by atoms with Crippen LogP contribution < -0.4 is 5.32 Å². The minimum absolute atomic E-state index is 0.292. The van der Waals surface area contributed by atoms with Crippen molar-refractivity contribution in [1.82, 2.24) is 5.32 Å². The maximum absolute atomic E-state index is 6.04. The predicted molar refractivity (Wildman–Crippen MR) is 85.1 cm³/mol. The van der Waals surface area contributed by atoms with Crippen molar-refractivity contribution in [2.75, 3.05) is 0 Å². The van der Waals surface area contributed by atoms with Gasteiger partial charge in [0.25, 0.3) is 0 Å². The van der Waals surface area contributed by atoms with E-state index in [0.29, 0.717) is 12.1 Å². The summed E-state index contributed by atoms with van der Waals surface area (Å²) >= 11 is 7.93. The molecule has 0 saturated heterocycles. The van der Waals surface area contributed by atoms with E-state index in [1.54, 1.807) is 0 Å². The number of hydrogen-bond donors (Lipinski definition) is 1. The lowest BCUT2D eigenvalue weighted by atomic mass is 10.1. The van der Waals surface area contributed by atoms with Gasteiger partial charge in [0, 0.05) is 26.9 Å². The first-order valence-corrected chi connectivity index (χ1v) is 7.89. The molecule has 0 amide bonds. The van der Waals surface area contributed by atoms with Gasteiger partial charge in [-0.2, -0.15) is 0 Å². The van der Waals surface area contributed by atoms with E-state index in [4.69, 9.17) is 11.6 Å². The summed E-state index contributed by atoms with van der Waals surface area (Å²) in [4.78, 5) is 2.84. The Balaban J connectivity index is 2.03. The van der Waals surface area contributed by atoms with Crippen molar-refractivity contribution >= 4 is 22.9 Å². The molecule has 0 fully saturated rings. The summed E-state index contributed by atoms with van der Waals surface area (Å²) in [5.41, 5.74) is 1.23. The lowest BCUT2D eigenvalue weighted by Gasteiger charge is -2.19. The Kier molecular flexibility index (Phi) is 5.03. The first-order valence-electron chi connectivity index (χ1n) is 6.70. The van der Waals surface area contributed by atoms with Crippen LogP contribution in [0.15, 0.2) is 36.4 Å². The molecular formula is C16H20ClNS. The Bertz CT molecular complexity index is 535. The third-order valence-electron chi connectivity index (χ3n) is 3.31. The summed E-state index contributed by atoms with van der Waals surface area (Å²) in [7, 11) is 0. The van der Waals surface area contributed by atoms with Gasteiger partial charge in [0.2, 0.25) is 0 Å². The zero-order valence-corrected chi connectivity index (χ0v) is 13.2. The van der Waals surface area contributed by atoms with Crippen LogP contribution in [0.25, 0.3) is 0 Å². The summed E-state index contributed by atoms with van der Waals surface area (Å²) < 4.78 is 0. The molecule has 102 valence electrons. The number of thiophene rings is 1. The van der Waals surface area contributed by atoms with Crippen molar-refractivity contribution in [1.29, 1.82) is 0 Å². The Hall–Kier alpha value is -0.830. The molecule has 0 bridgehead atoms. The molecule has 2 atom stereocenters. The summed E-state index contributed by atoms with van der Waals surface area (Å²) in [6.07, 6.45) is 1.11. The van der Waals surface area contributed by atoms with Crippen molar-refractivity contribution in [3.05, 3.63) is 56.7 Å². The number of halogens is 1. The number of nitrogens with one attached hydrogen (secondary N) is 1. The molecule has 1 aromatic heterocycles. The Morgan fingerprint density at radius 1 is 1.16 bits per heavy atom. The molecule has 0 saturated carbocycles. The molecule has 0 aliphatic rings. The monoisotopic (exact) mass is 293 g/mol. The smallest absolute Gasteiger partial charge is 0.0409 e. The van der Waals surface area contributed by atoms with Gasteiger partial charge in [-0.05, 0) is 50.1 Å². The lowest BCUT2D eigenvalue weighted by molar-refractivity contribution is 0.500. The van der Waals surface area contributed by atoms with Crippen LogP contribution >= 0.6 is 22.9 Å². The SMILES string of the molecule is CCc1ccc(C(C)N[C@@H](C)c2cccc(Cl)c2)s1. The minimum Gasteiger partial charge on any atom is -0.303 e. The number of benzene rings is 1. The molecule has 1 heterocycles. The Morgan fingerprint density at radius 3 is 2.58 bits per heavy atom. The van der Waals surface area contributed by atoms with Gasteiger partial charge in [-0.25, -0.2) is 0 Å². The molecule has 0 spiro atoms. The van der Waals surface area contributed by atoms with Gasteiger partial charge in [0.1, 0.15) is 0 Å². The van der Waals surface area contributed by atoms with Crippen LogP contribution in [0.3, 0.4) is 0 Å². The van der Waals surface area contributed by atoms with E-state index >= 15 is 0 Å². The predicted octanol–water partition coefficient (Wildman–Crippen LogP) is 5.38. The van der Waals surface area contributed by atoms with Crippen LogP contribution in [-0.2, 0) is 6.42 Å². The van der Waals surface area contributed by atoms with Crippen LogP contribution in [0.5, 0.6) is 0 Å². The molecular weight excluding hydrogens is 274 g/mol. The van der Waals surface area contributed by atoms with Gasteiger partial charge < -0.3 is 5.32 Å². The summed E-state index contributed by atoms with van der Waals surface area (Å²) in [5, 5.41) is 4.42. The second-order valence-corrected chi connectivity index (χ2v) is 6.46. The highest BCUT2D eigenvalue weighted by Gasteiger charge is 2.13. The normalized spacial score (nSPS) is 14.3. The van der Waals surface area contributed by atoms with Gasteiger partial charge >= 0.3 is 0 Å². The molecule has 1 unspecified atom stereocenters. The molecule has 0 aliphatic carbocycles. The Morgan fingerprint density at radius 2 is 1.95 bits per heavy atom. The van der Waals surface area contributed by atoms with E-state index in [2.05, 4.69) is 44.3 Å². The van der Waals surface area contributed by atoms with Crippen LogP contribution in [0.4, 0.5) is 0 Å². The molecule has 19 heavy (non-hydrogen) atoms. The average molecular weight is 294 g/mol. The maximum atomic E-state index is 6.04. The topological polar surface area (TPSA) is 12.0 Å². The molecule has 2 aromatic rings. The highest BCUT2D eigenvalue weighted by molar-refractivity contribution is 7.12. The average Bonchev–Trinajstić information content (AvgIpc) is 2.87. The Labute approximate surface area is 124 Å². The lowest BCUT2D eigenvalue weighted by Crippen LogP contribution is -2.21. The fraction of sp³-hybridized carbons (Fsp3) is 0.375. The zero-order valence-electron chi connectivity index (χ0n) is 11.6. The molecule has 1 N–H and O–H groups in total. The minimum atomic E-state index is 0.292. The van der Waals surface area contributed by atoms with Gasteiger partial charge in [0.05, 0.1) is 0 Å². The summed E-state index contributed by atoms with van der Waals surface area (Å²) in [6, 6.07) is 13.2. The van der Waals surface area contributed by atoms with E-state index < -0.39 is 0 Å². The van der Waals surface area contributed by atoms with Crippen molar-refractivity contribution in [2.45, 2.75) is 39.3 Å². The second kappa shape index (κ2) is 6.56. The quantitative estimate of drug-likeness (QED) is 0.781. The van der Waals surface area contributed by atoms with Gasteiger partial charge in [-0.3, -0.25) is 0 Å². The fourth-order valence-corrected chi connectivity index (χ4v) is 3.31. The first-order chi connectivity index (χ1) is 9.10. The van der Waals surface area contributed by atoms with E-state index in [0.717, 1.165) is 11.4 Å². The first kappa shape index (κ1) is 14.6. The van der Waals surface area contributed by atoms with Crippen LogP contribution in [0.1, 0.15) is 48.2 Å². The van der Waals surface area contributed by atoms with Crippen molar-refractivity contribution < 1.29 is 0 Å². The molecule has 1 aromatic carbocycles. The molecule has 3 heteroatoms. The van der Waals surface area contributed by atoms with Gasteiger partial charge in [-0.15, -0.1) is 11.3 Å². The highest BCUT2D eigenvalue weighted by atomic mass is 35.5. The third-order valence-corrected chi connectivity index (χ3v) is 4.95. The number of aryl methyl sites for hydroxylation is 1. The fourth-order valence-electron chi connectivity index (χ4n) is 2.15. The summed E-state index contributed by atoms with van der Waals surface area (Å²) in [5.74, 6) is 0. The molecule has 2 rings (SSSR count). The van der Waals surface area contributed by atoms with Crippen LogP contribution in [-0.4, -0.2) is 0 Å². The van der Waals surface area contributed by atoms with Crippen LogP contribution in [0.2, 0.25) is 5.02 Å². The maximum Gasteiger partial charge on any atom is 0.0409 e. The molecule has 1 nitrogen and oxygen atoms in total. The van der Waals surface area contributed by atoms with E-state index in [1.807, 2.05) is 29.5 Å². The largest absolute Gasteiger partial charge is 0.303 e. The van der Waals surface area contributed by atoms with E-state index in [9.17, 15) is 0 Å². The van der Waals surface area contributed by atoms with Crippen molar-refractivity contribution in [2.24, 2.45) is 0 Å². The van der Waals surface area contributed by atoms with E-state index in [1.165, 1.54) is 15.3 Å². The number of rotatable bonds is 5.